The molecule has 5 heteroatoms. The molecule has 0 atom stereocenters. The van der Waals surface area contributed by atoms with Gasteiger partial charge in [0, 0.05) is 6.20 Å². The topological polar surface area (TPSA) is 78.9 Å². The minimum atomic E-state index is -1.03. The van der Waals surface area contributed by atoms with E-state index < -0.39 is 5.97 Å². The highest BCUT2D eigenvalue weighted by molar-refractivity contribution is 5.90. The molecule has 0 fully saturated rings. The van der Waals surface area contributed by atoms with E-state index in [-0.39, 0.29) is 5.56 Å². The Labute approximate surface area is 144 Å². The molecule has 0 saturated carbocycles. The summed E-state index contributed by atoms with van der Waals surface area (Å²) in [7, 11) is 0. The highest BCUT2D eigenvalue weighted by Gasteiger charge is 2.19. The zero-order chi connectivity index (χ0) is 17.4. The Hall–Kier alpha value is -3.65. The van der Waals surface area contributed by atoms with Crippen LogP contribution >= 0.6 is 0 Å². The van der Waals surface area contributed by atoms with Crippen molar-refractivity contribution in [2.75, 3.05) is 0 Å². The third kappa shape index (κ3) is 2.60. The summed E-state index contributed by atoms with van der Waals surface area (Å²) in [6, 6.07) is 16.0. The van der Waals surface area contributed by atoms with Crippen molar-refractivity contribution in [1.29, 1.82) is 5.26 Å². The maximum absolute atomic E-state index is 11.0. The lowest BCUT2D eigenvalue weighted by atomic mass is 10.00. The number of benzene rings is 2. The van der Waals surface area contributed by atoms with Crippen LogP contribution in [0, 0.1) is 11.3 Å². The summed E-state index contributed by atoms with van der Waals surface area (Å²) in [5, 5.41) is 22.7. The van der Waals surface area contributed by atoms with E-state index in [1.807, 2.05) is 24.3 Å². The van der Waals surface area contributed by atoms with E-state index in [4.69, 9.17) is 5.11 Å². The number of nitrogens with zero attached hydrogens (tertiary/aromatic N) is 3. The number of carbonyl (C=O) groups is 1. The molecule has 0 radical (unpaired) electrons. The van der Waals surface area contributed by atoms with Crippen LogP contribution in [0.15, 0.2) is 54.9 Å². The van der Waals surface area contributed by atoms with Gasteiger partial charge in [-0.05, 0) is 40.8 Å². The molecule has 1 aromatic heterocycles. The number of hydrogen-bond donors (Lipinski definition) is 1. The third-order valence-electron chi connectivity index (χ3n) is 4.33. The van der Waals surface area contributed by atoms with Crippen LogP contribution in [0.1, 0.15) is 32.6 Å². The van der Waals surface area contributed by atoms with Gasteiger partial charge in [0.25, 0.3) is 0 Å². The van der Waals surface area contributed by atoms with Gasteiger partial charge in [0.15, 0.2) is 0 Å². The minimum absolute atomic E-state index is 0.111. The molecule has 25 heavy (non-hydrogen) atoms. The van der Waals surface area contributed by atoms with Gasteiger partial charge in [-0.1, -0.05) is 36.4 Å². The van der Waals surface area contributed by atoms with Gasteiger partial charge in [0.05, 0.1) is 29.1 Å². The number of hydrogen-bond acceptors (Lipinski definition) is 3. The van der Waals surface area contributed by atoms with Gasteiger partial charge in [-0.25, -0.2) is 9.48 Å². The molecule has 0 bridgehead atoms. The second kappa shape index (κ2) is 5.77. The van der Waals surface area contributed by atoms with Gasteiger partial charge in [-0.15, -0.1) is 0 Å². The summed E-state index contributed by atoms with van der Waals surface area (Å²) in [6.45, 7) is 0. The van der Waals surface area contributed by atoms with Gasteiger partial charge in [0.2, 0.25) is 0 Å². The summed E-state index contributed by atoms with van der Waals surface area (Å²) >= 11 is 0. The van der Waals surface area contributed by atoms with Gasteiger partial charge < -0.3 is 5.11 Å². The van der Waals surface area contributed by atoms with Crippen LogP contribution in [0.25, 0.3) is 17.3 Å². The Morgan fingerprint density at radius 3 is 2.72 bits per heavy atom. The van der Waals surface area contributed by atoms with Crippen molar-refractivity contribution in [3.05, 3.63) is 82.7 Å². The van der Waals surface area contributed by atoms with Crippen molar-refractivity contribution in [3.63, 3.8) is 0 Å². The van der Waals surface area contributed by atoms with Crippen LogP contribution in [0.3, 0.4) is 0 Å². The van der Waals surface area contributed by atoms with Crippen molar-refractivity contribution < 1.29 is 9.90 Å². The molecule has 0 amide bonds. The van der Waals surface area contributed by atoms with Crippen LogP contribution in [0.2, 0.25) is 0 Å². The zero-order valence-electron chi connectivity index (χ0n) is 13.2. The van der Waals surface area contributed by atoms with E-state index in [1.54, 1.807) is 6.07 Å². The molecule has 5 nitrogen and oxygen atoms in total. The number of aromatic nitrogens is 2. The fraction of sp³-hybridized carbons (Fsp3) is 0.0500. The highest BCUT2D eigenvalue weighted by Crippen LogP contribution is 2.34. The summed E-state index contributed by atoms with van der Waals surface area (Å²) in [4.78, 5) is 11.0. The Bertz CT molecular complexity index is 1060. The Kier molecular flexibility index (Phi) is 3.44. The van der Waals surface area contributed by atoms with Crippen LogP contribution in [-0.2, 0) is 6.42 Å². The largest absolute Gasteiger partial charge is 0.478 e. The van der Waals surface area contributed by atoms with Crippen molar-refractivity contribution in [1.82, 2.24) is 9.78 Å². The molecule has 1 aliphatic carbocycles. The highest BCUT2D eigenvalue weighted by atomic mass is 16.4. The van der Waals surface area contributed by atoms with E-state index in [1.165, 1.54) is 17.1 Å². The Balaban J connectivity index is 1.79. The van der Waals surface area contributed by atoms with Gasteiger partial charge in [-0.2, -0.15) is 10.4 Å². The first-order chi connectivity index (χ1) is 12.2. The number of nitriles is 1. The second-order valence-corrected chi connectivity index (χ2v) is 5.86. The van der Waals surface area contributed by atoms with Crippen molar-refractivity contribution >= 4 is 17.6 Å². The normalized spacial score (nSPS) is 12.4. The summed E-state index contributed by atoms with van der Waals surface area (Å²) in [6.07, 6.45) is 5.54. The zero-order valence-corrected chi connectivity index (χ0v) is 13.2. The molecule has 1 heterocycles. The van der Waals surface area contributed by atoms with E-state index in [2.05, 4.69) is 29.4 Å². The van der Waals surface area contributed by atoms with E-state index in [9.17, 15) is 10.1 Å². The average Bonchev–Trinajstić information content (AvgIpc) is 3.28. The summed E-state index contributed by atoms with van der Waals surface area (Å²) in [5.41, 5.74) is 5.64. The average molecular weight is 327 g/mol. The predicted molar refractivity (Wildman–Crippen MR) is 93.3 cm³/mol. The van der Waals surface area contributed by atoms with Crippen LogP contribution in [-0.4, -0.2) is 20.9 Å². The number of aromatic carboxylic acids is 1. The molecule has 1 aliphatic rings. The molecule has 120 valence electrons. The summed E-state index contributed by atoms with van der Waals surface area (Å²) in [5.74, 6) is -1.03. The minimum Gasteiger partial charge on any atom is -0.478 e. The monoisotopic (exact) mass is 327 g/mol. The SMILES string of the molecule is N#Cc1cc(-n2cc(C(=O)O)cn2)cc2c1CC(c1ccccc1)=C2. The molecule has 0 spiro atoms. The van der Waals surface area contributed by atoms with E-state index in [0.717, 1.165) is 22.3 Å². The molecular formula is C20H13N3O2. The number of rotatable bonds is 3. The maximum atomic E-state index is 11.0. The Morgan fingerprint density at radius 1 is 1.24 bits per heavy atom. The second-order valence-electron chi connectivity index (χ2n) is 5.86. The lowest BCUT2D eigenvalue weighted by Crippen LogP contribution is -1.99. The van der Waals surface area contributed by atoms with E-state index in [0.29, 0.717) is 17.7 Å². The van der Waals surface area contributed by atoms with Gasteiger partial charge in [-0.3, -0.25) is 0 Å². The Morgan fingerprint density at radius 2 is 2.04 bits per heavy atom. The smallest absolute Gasteiger partial charge is 0.338 e. The van der Waals surface area contributed by atoms with Crippen molar-refractivity contribution in [3.8, 4) is 11.8 Å². The van der Waals surface area contributed by atoms with Crippen LogP contribution in [0.5, 0.6) is 0 Å². The molecule has 4 rings (SSSR count). The van der Waals surface area contributed by atoms with E-state index >= 15 is 0 Å². The maximum Gasteiger partial charge on any atom is 0.338 e. The van der Waals surface area contributed by atoms with Crippen molar-refractivity contribution in [2.45, 2.75) is 6.42 Å². The summed E-state index contributed by atoms with van der Waals surface area (Å²) < 4.78 is 1.49. The molecular weight excluding hydrogens is 314 g/mol. The van der Waals surface area contributed by atoms with Gasteiger partial charge in [0.1, 0.15) is 0 Å². The first kappa shape index (κ1) is 14.9. The fourth-order valence-electron chi connectivity index (χ4n) is 3.08. The lowest BCUT2D eigenvalue weighted by Gasteiger charge is -2.07. The predicted octanol–water partition coefficient (Wildman–Crippen LogP) is 3.54. The molecule has 2 aromatic carbocycles. The molecule has 0 unspecified atom stereocenters. The standard InChI is InChI=1S/C20H13N3O2/c21-10-16-8-18(23-12-17(11-22-23)20(24)25)7-15-6-14(9-19(15)16)13-4-2-1-3-5-13/h1-8,11-12H,9H2,(H,24,25). The van der Waals surface area contributed by atoms with Crippen LogP contribution < -0.4 is 0 Å². The van der Waals surface area contributed by atoms with Crippen LogP contribution in [0.4, 0.5) is 0 Å². The third-order valence-corrected chi connectivity index (χ3v) is 4.33. The number of fused-ring (bicyclic) bond motifs is 1. The van der Waals surface area contributed by atoms with Gasteiger partial charge >= 0.3 is 5.97 Å². The number of allylic oxidation sites excluding steroid dienone is 1. The fourth-order valence-corrected chi connectivity index (χ4v) is 3.08. The number of carboxylic acids is 1. The quantitative estimate of drug-likeness (QED) is 0.798. The first-order valence-corrected chi connectivity index (χ1v) is 7.77. The molecule has 0 aliphatic heterocycles. The first-order valence-electron chi connectivity index (χ1n) is 7.77. The lowest BCUT2D eigenvalue weighted by molar-refractivity contribution is 0.0697. The van der Waals surface area contributed by atoms with Crippen molar-refractivity contribution in [2.24, 2.45) is 0 Å². The molecule has 1 N–H and O–H groups in total. The molecule has 3 aromatic rings. The molecule has 0 saturated heterocycles. The number of carboxylic acid groups (broad SMARTS) is 1.